The molecule has 0 atom stereocenters. The van der Waals surface area contributed by atoms with Gasteiger partial charge in [-0.05, 0) is 49.2 Å². The fraction of sp³-hybridized carbons (Fsp3) is 0.200. The fourth-order valence-corrected chi connectivity index (χ4v) is 4.29. The first-order valence-electron chi connectivity index (χ1n) is 6.61. The van der Waals surface area contributed by atoms with Gasteiger partial charge < -0.3 is 0 Å². The van der Waals surface area contributed by atoms with E-state index in [1.54, 1.807) is 32.0 Å². The van der Waals surface area contributed by atoms with Crippen molar-refractivity contribution in [3.05, 3.63) is 52.5 Å². The van der Waals surface area contributed by atoms with Gasteiger partial charge in [0.05, 0.1) is 15.5 Å². The van der Waals surface area contributed by atoms with Crippen LogP contribution in [0.5, 0.6) is 0 Å². The summed E-state index contributed by atoms with van der Waals surface area (Å²) in [5.74, 6) is 0. The summed E-state index contributed by atoms with van der Waals surface area (Å²) < 4.78 is 50.8. The molecule has 0 unspecified atom stereocenters. The second kappa shape index (κ2) is 6.14. The number of benzene rings is 2. The van der Waals surface area contributed by atoms with E-state index in [-0.39, 0.29) is 15.5 Å². The first-order chi connectivity index (χ1) is 10.5. The molecule has 0 aromatic heterocycles. The van der Waals surface area contributed by atoms with Crippen molar-refractivity contribution in [3.8, 4) is 0 Å². The molecular weight excluding hydrogens is 358 g/mol. The number of sulfone groups is 1. The van der Waals surface area contributed by atoms with Gasteiger partial charge in [0.2, 0.25) is 0 Å². The highest BCUT2D eigenvalue weighted by molar-refractivity contribution is 7.92. The van der Waals surface area contributed by atoms with Crippen LogP contribution in [-0.2, 0) is 19.9 Å². The molecule has 0 aliphatic rings. The summed E-state index contributed by atoms with van der Waals surface area (Å²) in [6.45, 7) is 3.30. The lowest BCUT2D eigenvalue weighted by Gasteiger charge is -2.14. The largest absolute Gasteiger partial charge is 0.279 e. The molecule has 2 aromatic rings. The van der Waals surface area contributed by atoms with Crippen LogP contribution >= 0.6 is 11.6 Å². The highest BCUT2D eigenvalue weighted by atomic mass is 35.5. The van der Waals surface area contributed by atoms with Crippen LogP contribution in [0.25, 0.3) is 0 Å². The fourth-order valence-electron chi connectivity index (χ4n) is 2.02. The smallest absolute Gasteiger partial charge is 0.262 e. The second-order valence-corrected chi connectivity index (χ2v) is 9.29. The number of nitrogens with one attached hydrogen (secondary N) is 1. The van der Waals surface area contributed by atoms with Gasteiger partial charge in [-0.1, -0.05) is 23.7 Å². The second-order valence-electron chi connectivity index (χ2n) is 5.22. The minimum absolute atomic E-state index is 0.0450. The van der Waals surface area contributed by atoms with Crippen molar-refractivity contribution in [1.29, 1.82) is 0 Å². The van der Waals surface area contributed by atoms with Gasteiger partial charge in [0.25, 0.3) is 10.0 Å². The van der Waals surface area contributed by atoms with Crippen LogP contribution in [0.1, 0.15) is 11.1 Å². The van der Waals surface area contributed by atoms with Crippen molar-refractivity contribution in [3.63, 3.8) is 0 Å². The zero-order chi connectivity index (χ0) is 17.4. The van der Waals surface area contributed by atoms with Gasteiger partial charge in [0.15, 0.2) is 9.84 Å². The van der Waals surface area contributed by atoms with E-state index < -0.39 is 19.9 Å². The number of rotatable bonds is 4. The van der Waals surface area contributed by atoms with Gasteiger partial charge in [-0.3, -0.25) is 4.72 Å². The van der Waals surface area contributed by atoms with E-state index in [2.05, 4.69) is 4.72 Å². The molecular formula is C15H16ClNO4S2. The molecule has 2 aromatic carbocycles. The monoisotopic (exact) mass is 373 g/mol. The van der Waals surface area contributed by atoms with Crippen LogP contribution in [0.2, 0.25) is 5.02 Å². The Hall–Kier alpha value is -1.57. The van der Waals surface area contributed by atoms with Crippen molar-refractivity contribution in [2.45, 2.75) is 23.6 Å². The van der Waals surface area contributed by atoms with Crippen LogP contribution in [0, 0.1) is 13.8 Å². The average Bonchev–Trinajstić information content (AvgIpc) is 2.42. The normalized spacial score (nSPS) is 12.2. The van der Waals surface area contributed by atoms with Crippen molar-refractivity contribution in [1.82, 2.24) is 0 Å². The Kier molecular flexibility index (Phi) is 4.75. The van der Waals surface area contributed by atoms with Gasteiger partial charge in [-0.25, -0.2) is 16.8 Å². The summed E-state index contributed by atoms with van der Waals surface area (Å²) in [6.07, 6.45) is 1.07. The molecule has 0 heterocycles. The first kappa shape index (κ1) is 17.8. The highest BCUT2D eigenvalue weighted by Crippen LogP contribution is 2.27. The lowest BCUT2D eigenvalue weighted by atomic mass is 10.2. The van der Waals surface area contributed by atoms with Crippen molar-refractivity contribution < 1.29 is 16.8 Å². The molecule has 0 saturated heterocycles. The standard InChI is InChI=1S/C15H16ClNO4S2/c1-10-7-8-12(22(3,18)19)9-14(10)17-23(20,21)15-6-4-5-13(16)11(15)2/h4-9,17H,1-3H3. The molecule has 2 rings (SSSR count). The Balaban J connectivity index is 2.52. The summed E-state index contributed by atoms with van der Waals surface area (Å²) in [7, 11) is -7.31. The highest BCUT2D eigenvalue weighted by Gasteiger charge is 2.20. The quantitative estimate of drug-likeness (QED) is 0.892. The maximum absolute atomic E-state index is 12.6. The van der Waals surface area contributed by atoms with Gasteiger partial charge in [-0.2, -0.15) is 0 Å². The Bertz CT molecular complexity index is 967. The van der Waals surface area contributed by atoms with E-state index >= 15 is 0 Å². The zero-order valence-corrected chi connectivity index (χ0v) is 15.2. The molecule has 0 radical (unpaired) electrons. The summed E-state index contributed by atoms with van der Waals surface area (Å²) in [4.78, 5) is 0.0952. The Labute approximate surface area is 141 Å². The van der Waals surface area contributed by atoms with Crippen LogP contribution in [0.15, 0.2) is 46.2 Å². The summed E-state index contributed by atoms with van der Waals surface area (Å²) in [5.41, 5.74) is 1.26. The molecule has 0 aliphatic carbocycles. The van der Waals surface area contributed by atoms with E-state index in [9.17, 15) is 16.8 Å². The zero-order valence-electron chi connectivity index (χ0n) is 12.8. The minimum atomic E-state index is -3.88. The van der Waals surface area contributed by atoms with E-state index in [4.69, 9.17) is 11.6 Å². The third-order valence-electron chi connectivity index (χ3n) is 3.39. The van der Waals surface area contributed by atoms with Crippen LogP contribution in [0.4, 0.5) is 5.69 Å². The van der Waals surface area contributed by atoms with Gasteiger partial charge in [0.1, 0.15) is 0 Å². The third kappa shape index (κ3) is 3.85. The lowest BCUT2D eigenvalue weighted by Crippen LogP contribution is -2.15. The topological polar surface area (TPSA) is 80.3 Å². The van der Waals surface area contributed by atoms with Crippen molar-refractivity contribution >= 4 is 37.1 Å². The minimum Gasteiger partial charge on any atom is -0.279 e. The Morgan fingerprint density at radius 3 is 2.26 bits per heavy atom. The number of sulfonamides is 1. The van der Waals surface area contributed by atoms with Gasteiger partial charge >= 0.3 is 0 Å². The number of anilines is 1. The molecule has 23 heavy (non-hydrogen) atoms. The van der Waals surface area contributed by atoms with E-state index in [1.807, 2.05) is 0 Å². The van der Waals surface area contributed by atoms with Crippen molar-refractivity contribution in [2.75, 3.05) is 11.0 Å². The molecule has 0 spiro atoms. The van der Waals surface area contributed by atoms with Gasteiger partial charge in [0, 0.05) is 11.3 Å². The summed E-state index contributed by atoms with van der Waals surface area (Å²) in [6, 6.07) is 8.89. The van der Waals surface area contributed by atoms with Crippen LogP contribution in [-0.4, -0.2) is 23.1 Å². The predicted octanol–water partition coefficient (Wildman–Crippen LogP) is 3.16. The molecule has 5 nitrogen and oxygen atoms in total. The molecule has 8 heteroatoms. The Morgan fingerprint density at radius 2 is 1.65 bits per heavy atom. The number of halogens is 1. The van der Waals surface area contributed by atoms with Crippen molar-refractivity contribution in [2.24, 2.45) is 0 Å². The average molecular weight is 374 g/mol. The van der Waals surface area contributed by atoms with E-state index in [0.29, 0.717) is 16.1 Å². The first-order valence-corrected chi connectivity index (χ1v) is 10.4. The predicted molar refractivity (Wildman–Crippen MR) is 91.3 cm³/mol. The number of aryl methyl sites for hydroxylation is 1. The summed E-state index contributed by atoms with van der Waals surface area (Å²) in [5, 5.41) is 0.342. The number of hydrogen-bond acceptors (Lipinski definition) is 4. The molecule has 0 bridgehead atoms. The van der Waals surface area contributed by atoms with Crippen LogP contribution in [0.3, 0.4) is 0 Å². The number of hydrogen-bond donors (Lipinski definition) is 1. The van der Waals surface area contributed by atoms with E-state index in [1.165, 1.54) is 18.2 Å². The molecule has 124 valence electrons. The molecule has 0 amide bonds. The maximum atomic E-state index is 12.6. The Morgan fingerprint density at radius 1 is 1.00 bits per heavy atom. The third-order valence-corrected chi connectivity index (χ3v) is 6.42. The van der Waals surface area contributed by atoms with E-state index in [0.717, 1.165) is 6.26 Å². The molecule has 0 fully saturated rings. The molecule has 1 N–H and O–H groups in total. The summed E-state index contributed by atoms with van der Waals surface area (Å²) >= 11 is 5.97. The van der Waals surface area contributed by atoms with Crippen LogP contribution < -0.4 is 4.72 Å². The maximum Gasteiger partial charge on any atom is 0.262 e. The SMILES string of the molecule is Cc1ccc(S(C)(=O)=O)cc1NS(=O)(=O)c1cccc(Cl)c1C. The lowest BCUT2D eigenvalue weighted by molar-refractivity contribution is 0.598. The molecule has 0 aliphatic heterocycles. The molecule has 0 saturated carbocycles. The van der Waals surface area contributed by atoms with Gasteiger partial charge in [-0.15, -0.1) is 0 Å².